The number of rotatable bonds is 7. The number of anilines is 1. The minimum Gasteiger partial charge on any atom is -0.340 e. The molecule has 0 unspecified atom stereocenters. The largest absolute Gasteiger partial charge is 0.340 e. The predicted molar refractivity (Wildman–Crippen MR) is 132 cm³/mol. The summed E-state index contributed by atoms with van der Waals surface area (Å²) in [6, 6.07) is 21.4. The third kappa shape index (κ3) is 5.48. The molecule has 2 N–H and O–H groups in total. The zero-order valence-electron chi connectivity index (χ0n) is 17.2. The first-order valence-corrected chi connectivity index (χ1v) is 12.1. The molecule has 3 aromatic carbocycles. The lowest BCUT2D eigenvalue weighted by Gasteiger charge is -2.19. The summed E-state index contributed by atoms with van der Waals surface area (Å²) in [5.41, 5.74) is 3.21. The molecule has 1 atom stereocenters. The number of carbonyl (C=O) groups is 2. The number of para-hydroxylation sites is 2. The summed E-state index contributed by atoms with van der Waals surface area (Å²) in [5, 5.41) is 6.33. The highest BCUT2D eigenvalue weighted by atomic mass is 35.5. The second kappa shape index (κ2) is 10.2. The fourth-order valence-electron chi connectivity index (χ4n) is 3.12. The van der Waals surface area contributed by atoms with Gasteiger partial charge in [0, 0.05) is 10.7 Å². The molecular weight excluding hydrogens is 462 g/mol. The van der Waals surface area contributed by atoms with Crippen molar-refractivity contribution in [1.82, 2.24) is 10.3 Å². The minimum absolute atomic E-state index is 0.154. The first kappa shape index (κ1) is 22.3. The molecule has 2 amide bonds. The van der Waals surface area contributed by atoms with Crippen LogP contribution in [-0.4, -0.2) is 22.6 Å². The summed E-state index contributed by atoms with van der Waals surface area (Å²) in [6.07, 6.45) is 0. The molecule has 0 saturated carbocycles. The van der Waals surface area contributed by atoms with E-state index in [1.807, 2.05) is 55.5 Å². The molecule has 4 aromatic rings. The van der Waals surface area contributed by atoms with E-state index in [1.165, 1.54) is 11.8 Å². The number of halogens is 1. The van der Waals surface area contributed by atoms with Gasteiger partial charge in [0.15, 0.2) is 4.34 Å². The lowest BCUT2D eigenvalue weighted by molar-refractivity contribution is -0.125. The quantitative estimate of drug-likeness (QED) is 0.325. The van der Waals surface area contributed by atoms with Crippen molar-refractivity contribution in [3.05, 3.63) is 88.9 Å². The Morgan fingerprint density at radius 1 is 1.03 bits per heavy atom. The number of aromatic nitrogens is 1. The van der Waals surface area contributed by atoms with Gasteiger partial charge in [-0.2, -0.15) is 0 Å². The highest BCUT2D eigenvalue weighted by Crippen LogP contribution is 2.29. The van der Waals surface area contributed by atoms with E-state index < -0.39 is 6.04 Å². The summed E-state index contributed by atoms with van der Waals surface area (Å²) in [5.74, 6) is -0.421. The normalized spacial score (nSPS) is 11.8. The van der Waals surface area contributed by atoms with Crippen molar-refractivity contribution in [3.8, 4) is 0 Å². The smallest absolute Gasteiger partial charge is 0.251 e. The number of aryl methyl sites for hydroxylation is 1. The second-order valence-electron chi connectivity index (χ2n) is 7.09. The highest BCUT2D eigenvalue weighted by molar-refractivity contribution is 8.01. The molecule has 0 bridgehead atoms. The number of thiazole rings is 1. The fourth-order valence-corrected chi connectivity index (χ4v) is 5.12. The Morgan fingerprint density at radius 3 is 2.50 bits per heavy atom. The molecule has 4 rings (SSSR count). The Kier molecular flexibility index (Phi) is 7.09. The molecule has 1 heterocycles. The number of fused-ring (bicyclic) bond motifs is 1. The Hall–Kier alpha value is -2.87. The van der Waals surface area contributed by atoms with Gasteiger partial charge >= 0.3 is 0 Å². The Bertz CT molecular complexity index is 1220. The fraction of sp³-hybridized carbons (Fsp3) is 0.125. The third-order valence-corrected chi connectivity index (χ3v) is 7.21. The molecule has 0 radical (unpaired) electrons. The molecular formula is C24H20ClN3O2S2. The molecule has 8 heteroatoms. The molecule has 0 fully saturated rings. The molecule has 0 aliphatic carbocycles. The van der Waals surface area contributed by atoms with Gasteiger partial charge in [-0.1, -0.05) is 65.8 Å². The van der Waals surface area contributed by atoms with Gasteiger partial charge in [0.1, 0.15) is 6.04 Å². The first-order chi connectivity index (χ1) is 15.5. The van der Waals surface area contributed by atoms with Gasteiger partial charge in [-0.15, -0.1) is 11.3 Å². The summed E-state index contributed by atoms with van der Waals surface area (Å²) in [4.78, 5) is 30.4. The van der Waals surface area contributed by atoms with Crippen LogP contribution in [0.1, 0.15) is 17.2 Å². The van der Waals surface area contributed by atoms with Crippen LogP contribution in [0, 0.1) is 6.92 Å². The zero-order valence-corrected chi connectivity index (χ0v) is 19.6. The molecule has 0 aliphatic rings. The summed E-state index contributed by atoms with van der Waals surface area (Å²) in [6.45, 7) is 1.92. The van der Waals surface area contributed by atoms with Crippen LogP contribution in [0.5, 0.6) is 0 Å². The SMILES string of the molecule is Cc1ccccc1NC(=O)[C@H](NC(=O)CSc1nc2ccccc2s1)c1ccc(Cl)cc1. The topological polar surface area (TPSA) is 71.1 Å². The lowest BCUT2D eigenvalue weighted by atomic mass is 10.1. The van der Waals surface area contributed by atoms with Crippen LogP contribution in [0.25, 0.3) is 10.2 Å². The van der Waals surface area contributed by atoms with Crippen molar-refractivity contribution in [1.29, 1.82) is 0 Å². The van der Waals surface area contributed by atoms with E-state index in [0.29, 0.717) is 16.3 Å². The maximum atomic E-state index is 13.1. The maximum Gasteiger partial charge on any atom is 0.251 e. The highest BCUT2D eigenvalue weighted by Gasteiger charge is 2.23. The average Bonchev–Trinajstić information content (AvgIpc) is 3.21. The number of carbonyl (C=O) groups excluding carboxylic acids is 2. The van der Waals surface area contributed by atoms with Gasteiger partial charge in [0.05, 0.1) is 16.0 Å². The molecule has 162 valence electrons. The van der Waals surface area contributed by atoms with E-state index in [9.17, 15) is 9.59 Å². The van der Waals surface area contributed by atoms with Crippen molar-refractivity contribution in [3.63, 3.8) is 0 Å². The third-order valence-electron chi connectivity index (χ3n) is 4.77. The van der Waals surface area contributed by atoms with Gasteiger partial charge in [-0.25, -0.2) is 4.98 Å². The van der Waals surface area contributed by atoms with Crippen LogP contribution in [0.15, 0.2) is 77.1 Å². The number of benzene rings is 3. The van der Waals surface area contributed by atoms with Gasteiger partial charge in [-0.3, -0.25) is 9.59 Å². The van der Waals surface area contributed by atoms with E-state index in [4.69, 9.17) is 11.6 Å². The van der Waals surface area contributed by atoms with Crippen molar-refractivity contribution >= 4 is 62.4 Å². The molecule has 0 spiro atoms. The van der Waals surface area contributed by atoms with Crippen LogP contribution in [0.2, 0.25) is 5.02 Å². The Morgan fingerprint density at radius 2 is 1.75 bits per heavy atom. The number of nitrogens with one attached hydrogen (secondary N) is 2. The van der Waals surface area contributed by atoms with Crippen LogP contribution in [-0.2, 0) is 9.59 Å². The predicted octanol–water partition coefficient (Wildman–Crippen LogP) is 5.85. The Labute approximate surface area is 199 Å². The molecule has 0 saturated heterocycles. The second-order valence-corrected chi connectivity index (χ2v) is 9.78. The van der Waals surface area contributed by atoms with Crippen molar-refractivity contribution in [2.24, 2.45) is 0 Å². The lowest BCUT2D eigenvalue weighted by Crippen LogP contribution is -2.38. The van der Waals surface area contributed by atoms with Crippen LogP contribution in [0.4, 0.5) is 5.69 Å². The monoisotopic (exact) mass is 481 g/mol. The molecule has 1 aromatic heterocycles. The van der Waals surface area contributed by atoms with Crippen molar-refractivity contribution in [2.75, 3.05) is 11.1 Å². The van der Waals surface area contributed by atoms with Gasteiger partial charge in [0.2, 0.25) is 5.91 Å². The van der Waals surface area contributed by atoms with Gasteiger partial charge in [0.25, 0.3) is 5.91 Å². The van der Waals surface area contributed by atoms with Gasteiger partial charge < -0.3 is 10.6 Å². The maximum absolute atomic E-state index is 13.1. The summed E-state index contributed by atoms with van der Waals surface area (Å²) < 4.78 is 1.89. The van der Waals surface area contributed by atoms with E-state index in [0.717, 1.165) is 20.1 Å². The van der Waals surface area contributed by atoms with Crippen LogP contribution < -0.4 is 10.6 Å². The van der Waals surface area contributed by atoms with E-state index in [2.05, 4.69) is 15.6 Å². The zero-order chi connectivity index (χ0) is 22.5. The molecule has 32 heavy (non-hydrogen) atoms. The van der Waals surface area contributed by atoms with Crippen LogP contribution >= 0.6 is 34.7 Å². The molecule has 5 nitrogen and oxygen atoms in total. The average molecular weight is 482 g/mol. The Balaban J connectivity index is 1.47. The minimum atomic E-state index is -0.852. The van der Waals surface area contributed by atoms with Crippen molar-refractivity contribution < 1.29 is 9.59 Å². The first-order valence-electron chi connectivity index (χ1n) is 9.89. The van der Waals surface area contributed by atoms with E-state index >= 15 is 0 Å². The number of hydrogen-bond acceptors (Lipinski definition) is 5. The van der Waals surface area contributed by atoms with Gasteiger partial charge in [-0.05, 0) is 48.4 Å². The van der Waals surface area contributed by atoms with E-state index in [1.54, 1.807) is 35.6 Å². The number of amides is 2. The van der Waals surface area contributed by atoms with Crippen molar-refractivity contribution in [2.45, 2.75) is 17.3 Å². The van der Waals surface area contributed by atoms with Crippen LogP contribution in [0.3, 0.4) is 0 Å². The summed E-state index contributed by atoms with van der Waals surface area (Å²) >= 11 is 8.90. The molecule has 0 aliphatic heterocycles. The number of thioether (sulfide) groups is 1. The van der Waals surface area contributed by atoms with E-state index in [-0.39, 0.29) is 17.6 Å². The number of nitrogens with zero attached hydrogens (tertiary/aromatic N) is 1. The summed E-state index contributed by atoms with van der Waals surface area (Å²) in [7, 11) is 0. The standard InChI is InChI=1S/C24H20ClN3O2S2/c1-15-6-2-3-7-18(15)26-23(30)22(16-10-12-17(25)13-11-16)28-21(29)14-31-24-27-19-8-4-5-9-20(19)32-24/h2-13,22H,14H2,1H3,(H,26,30)(H,28,29)/t22-/m1/s1. The number of hydrogen-bond donors (Lipinski definition) is 2.